The van der Waals surface area contributed by atoms with E-state index in [-0.39, 0.29) is 11.3 Å². The molecule has 2 aromatic carbocycles. The third-order valence-electron chi connectivity index (χ3n) is 5.90. The summed E-state index contributed by atoms with van der Waals surface area (Å²) in [6.07, 6.45) is 0.706. The lowest BCUT2D eigenvalue weighted by atomic mass is 9.94. The van der Waals surface area contributed by atoms with Crippen molar-refractivity contribution in [3.8, 4) is 5.75 Å². The number of methoxy groups -OCH3 is 1. The van der Waals surface area contributed by atoms with Crippen LogP contribution in [0.15, 0.2) is 64.3 Å². The molecule has 1 amide bonds. The predicted molar refractivity (Wildman–Crippen MR) is 126 cm³/mol. The molecule has 0 aliphatic carbocycles. The lowest BCUT2D eigenvalue weighted by Crippen LogP contribution is -2.33. The van der Waals surface area contributed by atoms with Crippen molar-refractivity contribution in [2.45, 2.75) is 19.4 Å². The molecule has 1 aromatic heterocycles. The maximum atomic E-state index is 13.6. The van der Waals surface area contributed by atoms with Gasteiger partial charge in [0.25, 0.3) is 5.91 Å². The number of fused-ring (bicyclic) bond motifs is 1. The van der Waals surface area contributed by atoms with E-state index < -0.39 is 23.5 Å². The highest BCUT2D eigenvalue weighted by Crippen LogP contribution is 2.40. The summed E-state index contributed by atoms with van der Waals surface area (Å²) in [5.74, 6) is -1.03. The fourth-order valence-electron chi connectivity index (χ4n) is 4.21. The largest absolute Gasteiger partial charge is 0.503 e. The zero-order valence-electron chi connectivity index (χ0n) is 19.3. The van der Waals surface area contributed by atoms with Crippen LogP contribution < -0.4 is 4.74 Å². The number of aryl methyl sites for hydroxylation is 1. The molecular formula is C26H28N2O5. The van der Waals surface area contributed by atoms with Crippen LogP contribution >= 0.6 is 0 Å². The molecule has 0 fully saturated rings. The molecule has 1 aliphatic heterocycles. The van der Waals surface area contributed by atoms with Crippen molar-refractivity contribution in [3.05, 3.63) is 76.8 Å². The Hall–Kier alpha value is -3.58. The number of furan rings is 1. The molecule has 2 heterocycles. The average Bonchev–Trinajstić information content (AvgIpc) is 3.34. The Bertz CT molecular complexity index is 1220. The number of nitrogens with zero attached hydrogens (tertiary/aromatic N) is 2. The van der Waals surface area contributed by atoms with E-state index in [1.54, 1.807) is 17.0 Å². The standard InChI is InChI=1S/C26H28N2O5/c1-16-9-11-17(12-10-16)22-21(24(30)26(31)28(22)14-6-13-27(2)3)23(29)20-15-18-7-5-8-19(32-4)25(18)33-20/h5,7-12,15,22,30H,6,13-14H2,1-4H3/t22-/m1/s1. The van der Waals surface area contributed by atoms with Crippen LogP contribution in [0.1, 0.15) is 34.1 Å². The molecule has 0 saturated carbocycles. The maximum absolute atomic E-state index is 13.6. The molecule has 4 rings (SSSR count). The molecule has 0 saturated heterocycles. The van der Waals surface area contributed by atoms with Gasteiger partial charge in [0.05, 0.1) is 18.7 Å². The SMILES string of the molecule is COc1cccc2cc(C(=O)C3=C(O)C(=O)N(CCCN(C)C)[C@@H]3c3ccc(C)cc3)oc12. The summed E-state index contributed by atoms with van der Waals surface area (Å²) < 4.78 is 11.2. The molecule has 0 spiro atoms. The number of para-hydroxylation sites is 1. The second-order valence-corrected chi connectivity index (χ2v) is 8.55. The monoisotopic (exact) mass is 448 g/mol. The van der Waals surface area contributed by atoms with Gasteiger partial charge in [0.15, 0.2) is 22.9 Å². The fourth-order valence-corrected chi connectivity index (χ4v) is 4.21. The number of benzene rings is 2. The Balaban J connectivity index is 1.76. The van der Waals surface area contributed by atoms with Crippen molar-refractivity contribution in [2.24, 2.45) is 0 Å². The molecule has 0 radical (unpaired) electrons. The van der Waals surface area contributed by atoms with Crippen molar-refractivity contribution >= 4 is 22.7 Å². The Morgan fingerprint density at radius 2 is 1.91 bits per heavy atom. The summed E-state index contributed by atoms with van der Waals surface area (Å²) in [6.45, 7) is 3.15. The van der Waals surface area contributed by atoms with E-state index in [0.717, 1.165) is 17.7 Å². The Labute approximate surface area is 192 Å². The van der Waals surface area contributed by atoms with Gasteiger partial charge in [-0.2, -0.15) is 0 Å². The summed E-state index contributed by atoms with van der Waals surface area (Å²) in [5, 5.41) is 11.5. The van der Waals surface area contributed by atoms with Crippen LogP contribution in [0.5, 0.6) is 5.75 Å². The number of ketones is 1. The molecule has 7 nitrogen and oxygen atoms in total. The first-order valence-electron chi connectivity index (χ1n) is 10.9. The molecule has 1 N–H and O–H groups in total. The van der Waals surface area contributed by atoms with E-state index in [1.165, 1.54) is 7.11 Å². The van der Waals surface area contributed by atoms with E-state index in [1.807, 2.05) is 62.3 Å². The Morgan fingerprint density at radius 3 is 2.58 bits per heavy atom. The summed E-state index contributed by atoms with van der Waals surface area (Å²) in [4.78, 5) is 30.3. The van der Waals surface area contributed by atoms with E-state index >= 15 is 0 Å². The van der Waals surface area contributed by atoms with Gasteiger partial charge < -0.3 is 24.1 Å². The summed E-state index contributed by atoms with van der Waals surface area (Å²) in [7, 11) is 5.45. The average molecular weight is 449 g/mol. The van der Waals surface area contributed by atoms with Gasteiger partial charge in [-0.05, 0) is 51.7 Å². The summed E-state index contributed by atoms with van der Waals surface area (Å²) >= 11 is 0. The Morgan fingerprint density at radius 1 is 1.18 bits per heavy atom. The summed E-state index contributed by atoms with van der Waals surface area (Å²) in [5.41, 5.74) is 2.31. The minimum absolute atomic E-state index is 0.0340. The van der Waals surface area contributed by atoms with Gasteiger partial charge in [-0.1, -0.05) is 42.0 Å². The second kappa shape index (κ2) is 9.11. The second-order valence-electron chi connectivity index (χ2n) is 8.55. The van der Waals surface area contributed by atoms with Crippen LogP contribution in [0.25, 0.3) is 11.0 Å². The van der Waals surface area contributed by atoms with Crippen molar-refractivity contribution < 1.29 is 23.8 Å². The molecule has 0 unspecified atom stereocenters. The Kier molecular flexibility index (Phi) is 6.24. The number of carbonyl (C=O) groups is 2. The van der Waals surface area contributed by atoms with Crippen LogP contribution in [-0.2, 0) is 4.79 Å². The first kappa shape index (κ1) is 22.6. The molecule has 7 heteroatoms. The van der Waals surface area contributed by atoms with E-state index in [9.17, 15) is 14.7 Å². The molecule has 172 valence electrons. The van der Waals surface area contributed by atoms with Gasteiger partial charge in [0.1, 0.15) is 0 Å². The lowest BCUT2D eigenvalue weighted by Gasteiger charge is -2.27. The molecule has 1 aliphatic rings. The third kappa shape index (κ3) is 4.24. The zero-order chi connectivity index (χ0) is 23.7. The molecule has 33 heavy (non-hydrogen) atoms. The van der Waals surface area contributed by atoms with Gasteiger partial charge >= 0.3 is 0 Å². The third-order valence-corrected chi connectivity index (χ3v) is 5.90. The molecule has 1 atom stereocenters. The van der Waals surface area contributed by atoms with Gasteiger partial charge in [0.2, 0.25) is 5.78 Å². The van der Waals surface area contributed by atoms with Crippen molar-refractivity contribution in [1.82, 2.24) is 9.80 Å². The predicted octanol–water partition coefficient (Wildman–Crippen LogP) is 4.28. The number of ether oxygens (including phenoxy) is 1. The minimum atomic E-state index is -0.692. The van der Waals surface area contributed by atoms with Gasteiger partial charge in [-0.3, -0.25) is 9.59 Å². The van der Waals surface area contributed by atoms with E-state index in [0.29, 0.717) is 29.7 Å². The first-order valence-corrected chi connectivity index (χ1v) is 10.9. The van der Waals surface area contributed by atoms with Crippen molar-refractivity contribution in [3.63, 3.8) is 0 Å². The van der Waals surface area contributed by atoms with E-state index in [4.69, 9.17) is 9.15 Å². The quantitative estimate of drug-likeness (QED) is 0.518. The fraction of sp³-hybridized carbons (Fsp3) is 0.308. The molecule has 0 bridgehead atoms. The van der Waals surface area contributed by atoms with Crippen LogP contribution in [0.4, 0.5) is 0 Å². The maximum Gasteiger partial charge on any atom is 0.290 e. The van der Waals surface area contributed by atoms with Crippen LogP contribution in [0.3, 0.4) is 0 Å². The first-order chi connectivity index (χ1) is 15.8. The minimum Gasteiger partial charge on any atom is -0.503 e. The number of aliphatic hydroxyl groups is 1. The van der Waals surface area contributed by atoms with Crippen molar-refractivity contribution in [1.29, 1.82) is 0 Å². The lowest BCUT2D eigenvalue weighted by molar-refractivity contribution is -0.129. The van der Waals surface area contributed by atoms with Crippen LogP contribution in [-0.4, -0.2) is 60.9 Å². The number of amides is 1. The highest BCUT2D eigenvalue weighted by molar-refractivity contribution is 6.16. The van der Waals surface area contributed by atoms with E-state index in [2.05, 4.69) is 0 Å². The number of Topliss-reactive ketones (excluding diaryl/α,β-unsaturated/α-hetero) is 1. The number of rotatable bonds is 8. The van der Waals surface area contributed by atoms with Gasteiger partial charge in [-0.25, -0.2) is 0 Å². The topological polar surface area (TPSA) is 83.2 Å². The number of hydrogen-bond acceptors (Lipinski definition) is 6. The molecule has 3 aromatic rings. The van der Waals surface area contributed by atoms with Gasteiger partial charge in [-0.15, -0.1) is 0 Å². The smallest absolute Gasteiger partial charge is 0.290 e. The number of hydrogen-bond donors (Lipinski definition) is 1. The van der Waals surface area contributed by atoms with Crippen LogP contribution in [0.2, 0.25) is 0 Å². The van der Waals surface area contributed by atoms with Crippen molar-refractivity contribution in [2.75, 3.05) is 34.3 Å². The number of carbonyl (C=O) groups excluding carboxylic acids is 2. The zero-order valence-corrected chi connectivity index (χ0v) is 19.3. The summed E-state index contributed by atoms with van der Waals surface area (Å²) in [6, 6.07) is 13.9. The highest BCUT2D eigenvalue weighted by Gasteiger charge is 2.44. The van der Waals surface area contributed by atoms with Gasteiger partial charge in [0, 0.05) is 11.9 Å². The normalized spacial score (nSPS) is 16.3. The molecular weight excluding hydrogens is 420 g/mol. The van der Waals surface area contributed by atoms with Crippen LogP contribution in [0, 0.1) is 6.92 Å². The number of aliphatic hydroxyl groups excluding tert-OH is 1. The highest BCUT2D eigenvalue weighted by atomic mass is 16.5.